The molecule has 0 bridgehead atoms. The number of benzene rings is 1. The molecule has 0 aromatic heterocycles. The fraction of sp³-hybridized carbons (Fsp3) is 0.455. The first-order valence-electron chi connectivity index (χ1n) is 5.94. The van der Waals surface area contributed by atoms with E-state index in [2.05, 4.69) is 10.0 Å². The largest absolute Gasteiger partial charge is 0.487 e. The summed E-state index contributed by atoms with van der Waals surface area (Å²) < 4.78 is 29.3. The van der Waals surface area contributed by atoms with Crippen molar-refractivity contribution in [2.24, 2.45) is 0 Å². The third-order valence-electron chi connectivity index (χ3n) is 2.29. The monoisotopic (exact) mass is 303 g/mol. The van der Waals surface area contributed by atoms with Crippen LogP contribution in [0.5, 0.6) is 5.75 Å². The second kappa shape index (κ2) is 7.06. The molecule has 0 spiro atoms. The molecule has 0 aliphatic heterocycles. The van der Waals surface area contributed by atoms with Crippen molar-refractivity contribution in [3.05, 3.63) is 28.3 Å². The summed E-state index contributed by atoms with van der Waals surface area (Å²) in [6.07, 6.45) is 1.05. The van der Waals surface area contributed by atoms with Crippen molar-refractivity contribution in [3.8, 4) is 5.75 Å². The van der Waals surface area contributed by atoms with E-state index in [9.17, 15) is 18.5 Å². The third-order valence-corrected chi connectivity index (χ3v) is 3.01. The van der Waals surface area contributed by atoms with Crippen molar-refractivity contribution in [3.63, 3.8) is 0 Å². The molecule has 0 fully saturated rings. The van der Waals surface area contributed by atoms with Crippen LogP contribution in [0, 0.1) is 10.1 Å². The number of hydrogen-bond acceptors (Lipinski definition) is 6. The molecule has 1 rings (SSSR count). The lowest BCUT2D eigenvalue weighted by molar-refractivity contribution is -0.384. The van der Waals surface area contributed by atoms with Crippen molar-refractivity contribution < 1.29 is 18.1 Å². The van der Waals surface area contributed by atoms with Crippen molar-refractivity contribution in [2.75, 3.05) is 31.3 Å². The van der Waals surface area contributed by atoms with Crippen LogP contribution < -0.4 is 14.8 Å². The molecule has 112 valence electrons. The van der Waals surface area contributed by atoms with Crippen LogP contribution in [0.1, 0.15) is 6.92 Å². The van der Waals surface area contributed by atoms with Crippen molar-refractivity contribution >= 4 is 21.4 Å². The second-order valence-electron chi connectivity index (χ2n) is 3.94. The van der Waals surface area contributed by atoms with Gasteiger partial charge in [0, 0.05) is 13.1 Å². The maximum atomic E-state index is 11.1. The molecule has 8 nitrogen and oxygen atoms in total. The van der Waals surface area contributed by atoms with Crippen LogP contribution in [0.15, 0.2) is 18.2 Å². The van der Waals surface area contributed by atoms with E-state index in [0.717, 1.165) is 6.26 Å². The summed E-state index contributed by atoms with van der Waals surface area (Å²) in [7, 11) is -3.27. The molecule has 20 heavy (non-hydrogen) atoms. The van der Waals surface area contributed by atoms with Gasteiger partial charge in [-0.25, -0.2) is 13.1 Å². The molecular weight excluding hydrogens is 286 g/mol. The lowest BCUT2D eigenvalue weighted by Gasteiger charge is -2.10. The predicted octanol–water partition coefficient (Wildman–Crippen LogP) is 0.955. The molecule has 9 heteroatoms. The van der Waals surface area contributed by atoms with Crippen LogP contribution in [-0.4, -0.2) is 39.3 Å². The topological polar surface area (TPSA) is 111 Å². The third kappa shape index (κ3) is 5.02. The molecule has 0 atom stereocenters. The molecule has 2 N–H and O–H groups in total. The summed E-state index contributed by atoms with van der Waals surface area (Å²) in [6.45, 7) is 2.41. The van der Waals surface area contributed by atoms with Gasteiger partial charge in [0.25, 0.3) is 0 Å². The van der Waals surface area contributed by atoms with Crippen molar-refractivity contribution in [1.29, 1.82) is 0 Å². The number of nitrogens with zero attached hydrogens (tertiary/aromatic N) is 1. The number of para-hydroxylation sites is 1. The first-order chi connectivity index (χ1) is 9.35. The van der Waals surface area contributed by atoms with Gasteiger partial charge in [-0.05, 0) is 19.1 Å². The minimum Gasteiger partial charge on any atom is -0.487 e. The number of nitro groups is 1. The zero-order valence-electron chi connectivity index (χ0n) is 11.3. The van der Waals surface area contributed by atoms with Gasteiger partial charge in [-0.1, -0.05) is 6.07 Å². The summed E-state index contributed by atoms with van der Waals surface area (Å²) in [5.74, 6) is 0.179. The molecule has 1 aromatic rings. The number of ether oxygens (including phenoxy) is 1. The number of anilines is 1. The SMILES string of the molecule is CCOc1cccc(NCCNS(C)(=O)=O)c1[N+](=O)[O-]. The minimum atomic E-state index is -3.27. The Morgan fingerprint density at radius 3 is 2.60 bits per heavy atom. The fourth-order valence-corrected chi connectivity index (χ4v) is 2.03. The highest BCUT2D eigenvalue weighted by atomic mass is 32.2. The van der Waals surface area contributed by atoms with Gasteiger partial charge in [-0.2, -0.15) is 0 Å². The number of rotatable bonds is 8. The maximum Gasteiger partial charge on any atom is 0.333 e. The lowest BCUT2D eigenvalue weighted by Crippen LogP contribution is -2.27. The average molecular weight is 303 g/mol. The van der Waals surface area contributed by atoms with E-state index in [1.807, 2.05) is 0 Å². The Morgan fingerprint density at radius 1 is 1.35 bits per heavy atom. The molecule has 1 aromatic carbocycles. The zero-order valence-corrected chi connectivity index (χ0v) is 12.1. The van der Waals surface area contributed by atoms with Crippen LogP contribution in [0.4, 0.5) is 11.4 Å². The fourth-order valence-electron chi connectivity index (χ4n) is 1.56. The first kappa shape index (κ1) is 16.2. The highest BCUT2D eigenvalue weighted by molar-refractivity contribution is 7.88. The smallest absolute Gasteiger partial charge is 0.333 e. The highest BCUT2D eigenvalue weighted by Crippen LogP contribution is 2.34. The van der Waals surface area contributed by atoms with Gasteiger partial charge in [-0.15, -0.1) is 0 Å². The molecule has 0 saturated heterocycles. The van der Waals surface area contributed by atoms with E-state index < -0.39 is 14.9 Å². The summed E-state index contributed by atoms with van der Waals surface area (Å²) in [5.41, 5.74) is 0.130. The second-order valence-corrected chi connectivity index (χ2v) is 5.77. The average Bonchev–Trinajstić information content (AvgIpc) is 2.33. The molecule has 0 aliphatic carbocycles. The lowest BCUT2D eigenvalue weighted by atomic mass is 10.2. The Labute approximate surface area is 117 Å². The van der Waals surface area contributed by atoms with E-state index in [0.29, 0.717) is 6.61 Å². The van der Waals surface area contributed by atoms with Gasteiger partial charge in [-0.3, -0.25) is 10.1 Å². The van der Waals surface area contributed by atoms with Crippen molar-refractivity contribution in [2.45, 2.75) is 6.92 Å². The summed E-state index contributed by atoms with van der Waals surface area (Å²) >= 11 is 0. The van der Waals surface area contributed by atoms with Gasteiger partial charge < -0.3 is 10.1 Å². The molecule has 0 unspecified atom stereocenters. The zero-order chi connectivity index (χ0) is 15.2. The number of sulfonamides is 1. The van der Waals surface area contributed by atoms with E-state index in [-0.39, 0.29) is 30.2 Å². The van der Waals surface area contributed by atoms with Gasteiger partial charge in [0.05, 0.1) is 17.8 Å². The minimum absolute atomic E-state index is 0.134. The standard InChI is InChI=1S/C11H17N3O5S/c1-3-19-10-6-4-5-9(11(10)14(15)16)12-7-8-13-20(2,17)18/h4-6,12-13H,3,7-8H2,1-2H3. The molecule has 0 radical (unpaired) electrons. The number of nitro benzene ring substituents is 1. The molecular formula is C11H17N3O5S. The number of nitrogens with one attached hydrogen (secondary N) is 2. The van der Waals surface area contributed by atoms with Gasteiger partial charge in [0.15, 0.2) is 5.75 Å². The Bertz CT molecular complexity index is 573. The van der Waals surface area contributed by atoms with Crippen LogP contribution in [0.2, 0.25) is 0 Å². The first-order valence-corrected chi connectivity index (χ1v) is 7.83. The molecule has 0 heterocycles. The predicted molar refractivity (Wildman–Crippen MR) is 75.6 cm³/mol. The van der Waals surface area contributed by atoms with Crippen LogP contribution in [0.3, 0.4) is 0 Å². The summed E-state index contributed by atoms with van der Waals surface area (Å²) in [5, 5.41) is 13.9. The Balaban J connectivity index is 2.79. The molecule has 0 amide bonds. The van der Waals surface area contributed by atoms with Crippen LogP contribution >= 0.6 is 0 Å². The van der Waals surface area contributed by atoms with Gasteiger partial charge in [0.2, 0.25) is 10.0 Å². The van der Waals surface area contributed by atoms with E-state index in [1.165, 1.54) is 6.07 Å². The van der Waals surface area contributed by atoms with E-state index in [4.69, 9.17) is 4.74 Å². The maximum absolute atomic E-state index is 11.1. The quantitative estimate of drug-likeness (QED) is 0.420. The summed E-state index contributed by atoms with van der Waals surface area (Å²) in [4.78, 5) is 10.6. The number of hydrogen-bond donors (Lipinski definition) is 2. The van der Waals surface area contributed by atoms with Crippen LogP contribution in [-0.2, 0) is 10.0 Å². The van der Waals surface area contributed by atoms with Crippen LogP contribution in [0.25, 0.3) is 0 Å². The van der Waals surface area contributed by atoms with Crippen molar-refractivity contribution in [1.82, 2.24) is 4.72 Å². The van der Waals surface area contributed by atoms with E-state index >= 15 is 0 Å². The normalized spacial score (nSPS) is 11.1. The molecule has 0 saturated carbocycles. The highest BCUT2D eigenvalue weighted by Gasteiger charge is 2.20. The van der Waals surface area contributed by atoms with Gasteiger partial charge in [0.1, 0.15) is 5.69 Å². The Hall–Kier alpha value is -1.87. The van der Waals surface area contributed by atoms with E-state index in [1.54, 1.807) is 19.1 Å². The van der Waals surface area contributed by atoms with Gasteiger partial charge >= 0.3 is 5.69 Å². The Kier molecular flexibility index (Phi) is 5.71. The summed E-state index contributed by atoms with van der Waals surface area (Å²) in [6, 6.07) is 4.69. The Morgan fingerprint density at radius 2 is 2.05 bits per heavy atom. The molecule has 0 aliphatic rings.